The molecule has 1 aliphatic rings. The number of hydrogen-bond acceptors (Lipinski definition) is 3. The van der Waals surface area contributed by atoms with Crippen molar-refractivity contribution in [3.63, 3.8) is 0 Å². The first kappa shape index (κ1) is 13.7. The standard InChI is InChI=1S/C10H21IN2OS/c1-9(2)13-7-5-10(3,6-8-13)15(4,14)12-11/h9H,5-8H2,1-4H3. The zero-order valence-corrected chi connectivity index (χ0v) is 13.0. The predicted octanol–water partition coefficient (Wildman–Crippen LogP) is 2.70. The maximum atomic E-state index is 12.3. The van der Waals surface area contributed by atoms with Crippen LogP contribution in [0.2, 0.25) is 0 Å². The minimum absolute atomic E-state index is 0.0976. The van der Waals surface area contributed by atoms with Gasteiger partial charge in [-0.2, -0.15) is 2.58 Å². The van der Waals surface area contributed by atoms with Gasteiger partial charge < -0.3 is 4.90 Å². The normalized spacial score (nSPS) is 26.3. The van der Waals surface area contributed by atoms with Crippen molar-refractivity contribution in [3.8, 4) is 0 Å². The number of hydrogen-bond donors (Lipinski definition) is 0. The molecule has 0 N–H and O–H groups in total. The summed E-state index contributed by atoms with van der Waals surface area (Å²) in [6, 6.07) is 0.596. The largest absolute Gasteiger partial charge is 0.301 e. The van der Waals surface area contributed by atoms with Crippen LogP contribution in [0.3, 0.4) is 0 Å². The molecule has 0 saturated carbocycles. The molecule has 90 valence electrons. The second-order valence-electron chi connectivity index (χ2n) is 4.95. The Hall–Kier alpha value is 0.640. The fraction of sp³-hybridized carbons (Fsp3) is 1.00. The van der Waals surface area contributed by atoms with Crippen LogP contribution in [0.25, 0.3) is 0 Å². The van der Waals surface area contributed by atoms with Gasteiger partial charge in [0.15, 0.2) is 0 Å². The van der Waals surface area contributed by atoms with E-state index in [1.807, 2.05) is 22.9 Å². The van der Waals surface area contributed by atoms with Crippen LogP contribution in [0, 0.1) is 0 Å². The molecule has 1 saturated heterocycles. The molecule has 0 bridgehead atoms. The first-order valence-corrected chi connectivity index (χ1v) is 8.27. The summed E-state index contributed by atoms with van der Waals surface area (Å²) in [6.07, 6.45) is 3.78. The molecule has 0 aromatic carbocycles. The molecule has 0 aromatic heterocycles. The van der Waals surface area contributed by atoms with Crippen molar-refractivity contribution in [1.82, 2.24) is 4.90 Å². The number of rotatable bonds is 2. The molecule has 3 nitrogen and oxygen atoms in total. The first-order chi connectivity index (χ1) is 6.82. The van der Waals surface area contributed by atoms with Gasteiger partial charge >= 0.3 is 0 Å². The van der Waals surface area contributed by atoms with E-state index in [4.69, 9.17) is 0 Å². The molecular weight excluding hydrogens is 323 g/mol. The maximum Gasteiger partial charge on any atom is 0.0952 e. The lowest BCUT2D eigenvalue weighted by atomic mass is 9.97. The fourth-order valence-electron chi connectivity index (χ4n) is 1.98. The van der Waals surface area contributed by atoms with E-state index in [9.17, 15) is 4.21 Å². The van der Waals surface area contributed by atoms with Gasteiger partial charge in [-0.3, -0.25) is 0 Å². The quantitative estimate of drug-likeness (QED) is 0.722. The van der Waals surface area contributed by atoms with Crippen LogP contribution >= 0.6 is 22.9 Å². The minimum atomic E-state index is -2.03. The monoisotopic (exact) mass is 344 g/mol. The molecule has 5 heteroatoms. The summed E-state index contributed by atoms with van der Waals surface area (Å²) in [5.41, 5.74) is 0. The molecule has 1 unspecified atom stereocenters. The van der Waals surface area contributed by atoms with Crippen LogP contribution < -0.4 is 0 Å². The Balaban J connectivity index is 2.76. The summed E-state index contributed by atoms with van der Waals surface area (Å²) >= 11 is 1.90. The predicted molar refractivity (Wildman–Crippen MR) is 74.9 cm³/mol. The lowest BCUT2D eigenvalue weighted by molar-refractivity contribution is 0.165. The van der Waals surface area contributed by atoms with E-state index >= 15 is 0 Å². The van der Waals surface area contributed by atoms with Crippen molar-refractivity contribution in [2.24, 2.45) is 2.58 Å². The molecular formula is C10H21IN2OS. The van der Waals surface area contributed by atoms with E-state index in [0.29, 0.717) is 6.04 Å². The van der Waals surface area contributed by atoms with Crippen molar-refractivity contribution >= 4 is 32.6 Å². The van der Waals surface area contributed by atoms with Gasteiger partial charge in [0, 0.05) is 12.3 Å². The smallest absolute Gasteiger partial charge is 0.0952 e. The molecule has 1 aliphatic heterocycles. The molecule has 1 heterocycles. The van der Waals surface area contributed by atoms with Crippen LogP contribution in [0.1, 0.15) is 33.6 Å². The highest BCUT2D eigenvalue weighted by Crippen LogP contribution is 2.32. The summed E-state index contributed by atoms with van der Waals surface area (Å²) in [5, 5.41) is 0. The molecule has 0 radical (unpaired) electrons. The van der Waals surface area contributed by atoms with E-state index in [-0.39, 0.29) is 4.75 Å². The summed E-state index contributed by atoms with van der Waals surface area (Å²) in [4.78, 5) is 2.45. The van der Waals surface area contributed by atoms with Crippen molar-refractivity contribution in [1.29, 1.82) is 0 Å². The highest BCUT2D eigenvalue weighted by Gasteiger charge is 2.37. The van der Waals surface area contributed by atoms with Gasteiger partial charge in [-0.05, 0) is 46.7 Å². The second kappa shape index (κ2) is 4.87. The third kappa shape index (κ3) is 2.85. The van der Waals surface area contributed by atoms with E-state index in [0.717, 1.165) is 25.9 Å². The number of likely N-dealkylation sites (tertiary alicyclic amines) is 1. The molecule has 1 atom stereocenters. The molecule has 0 spiro atoms. The third-order valence-electron chi connectivity index (χ3n) is 3.63. The average molecular weight is 344 g/mol. The fourth-order valence-corrected chi connectivity index (χ4v) is 4.51. The molecule has 1 rings (SSSR count). The van der Waals surface area contributed by atoms with Crippen molar-refractivity contribution < 1.29 is 4.21 Å². The van der Waals surface area contributed by atoms with Crippen LogP contribution in [0.5, 0.6) is 0 Å². The topological polar surface area (TPSA) is 32.7 Å². The molecule has 1 fully saturated rings. The van der Waals surface area contributed by atoms with E-state index in [1.165, 1.54) is 0 Å². The van der Waals surface area contributed by atoms with Gasteiger partial charge in [-0.1, -0.05) is 0 Å². The van der Waals surface area contributed by atoms with Gasteiger partial charge in [0.05, 0.1) is 37.3 Å². The maximum absolute atomic E-state index is 12.3. The Morgan fingerprint density at radius 2 is 1.87 bits per heavy atom. The molecule has 15 heavy (non-hydrogen) atoms. The average Bonchev–Trinajstić information content (AvgIpc) is 2.18. The van der Waals surface area contributed by atoms with Crippen molar-refractivity contribution in [2.45, 2.75) is 44.4 Å². The summed E-state index contributed by atoms with van der Waals surface area (Å²) in [6.45, 7) is 8.65. The zero-order valence-electron chi connectivity index (χ0n) is 9.99. The Morgan fingerprint density at radius 3 is 2.20 bits per heavy atom. The Bertz CT molecular complexity index is 326. The third-order valence-corrected chi connectivity index (χ3v) is 8.39. The SMILES string of the molecule is CC(C)N1CCC(C)(S(C)(=O)=NI)CC1. The summed E-state index contributed by atoms with van der Waals surface area (Å²) in [7, 11) is -2.03. The van der Waals surface area contributed by atoms with Gasteiger partial charge in [-0.25, -0.2) is 4.21 Å². The van der Waals surface area contributed by atoms with Crippen LogP contribution in [0.15, 0.2) is 2.58 Å². The molecule has 0 aliphatic carbocycles. The Labute approximate surface area is 108 Å². The Morgan fingerprint density at radius 1 is 1.40 bits per heavy atom. The van der Waals surface area contributed by atoms with Gasteiger partial charge in [0.1, 0.15) is 0 Å². The van der Waals surface area contributed by atoms with Gasteiger partial charge in [0.25, 0.3) is 0 Å². The van der Waals surface area contributed by atoms with Crippen LogP contribution in [-0.2, 0) is 9.73 Å². The van der Waals surface area contributed by atoms with Gasteiger partial charge in [-0.15, -0.1) is 0 Å². The highest BCUT2D eigenvalue weighted by atomic mass is 127. The van der Waals surface area contributed by atoms with E-state index in [2.05, 4.69) is 28.2 Å². The van der Waals surface area contributed by atoms with Crippen molar-refractivity contribution in [3.05, 3.63) is 0 Å². The van der Waals surface area contributed by atoms with Crippen molar-refractivity contribution in [2.75, 3.05) is 19.3 Å². The van der Waals surface area contributed by atoms with Crippen LogP contribution in [-0.4, -0.2) is 39.2 Å². The molecule has 0 aromatic rings. The second-order valence-corrected chi connectivity index (χ2v) is 8.86. The van der Waals surface area contributed by atoms with E-state index < -0.39 is 9.73 Å². The first-order valence-electron chi connectivity index (χ1n) is 5.38. The summed E-state index contributed by atoms with van der Waals surface area (Å²) in [5.74, 6) is 0. The molecule has 0 amide bonds. The number of piperidine rings is 1. The van der Waals surface area contributed by atoms with Gasteiger partial charge in [0.2, 0.25) is 0 Å². The minimum Gasteiger partial charge on any atom is -0.301 e. The number of nitrogens with zero attached hydrogens (tertiary/aromatic N) is 2. The summed E-state index contributed by atoms with van der Waals surface area (Å²) < 4.78 is 16.3. The lowest BCUT2D eigenvalue weighted by Gasteiger charge is -2.41. The van der Waals surface area contributed by atoms with E-state index in [1.54, 1.807) is 6.26 Å². The zero-order chi connectivity index (χ0) is 11.7. The Kier molecular flexibility index (Phi) is 4.45. The highest BCUT2D eigenvalue weighted by molar-refractivity contribution is 14.1. The lowest BCUT2D eigenvalue weighted by Crippen LogP contribution is -2.48. The van der Waals surface area contributed by atoms with Crippen LogP contribution in [0.4, 0.5) is 0 Å². The number of halogens is 1.